The molecular weight excluding hydrogens is 1150 g/mol. The molecule has 0 aromatic carbocycles. The standard InChI is InChI=1S/C89H136O5/c1-3-5-7-9-11-13-15-17-19-21-23-25-27-29-31-33-35-37-39-41-43-44-46-48-50-52-54-56-58-60-62-64-66-68-70-72-74-76-78-80-82-84-89(92)94-87(85-90)86-93-88(91)83-81-79-77-75-73-71-69-67-65-63-61-59-57-55-53-51-49-47-45-42-40-38-36-34-32-30-28-26-24-22-20-18-16-14-12-10-8-6-4-2/h5-8,11-14,17-20,23-26,29-32,35-38,41-43,45-46,48-49,51-52,54,58,60,64,66,70,72,87,90H,3-4,9-10,15-16,21-22,27-28,33-34,39-40,44,47,50,53,55-57,59,61-63,65,67-69,71,73-86H2,1-2H3/b7-5-,8-6-,13-11-,14-12-,19-17-,20-18-,25-23-,26-24-,31-29-,32-30-,37-35-,38-36-,43-41-,45-42-,48-46-,51-49-,54-52-,60-58-,66-64-,72-70-. The number of hydrogen-bond donors (Lipinski definition) is 1. The fourth-order valence-electron chi connectivity index (χ4n) is 9.61. The Kier molecular flexibility index (Phi) is 75.5. The van der Waals surface area contributed by atoms with E-state index in [1.54, 1.807) is 0 Å². The van der Waals surface area contributed by atoms with Gasteiger partial charge in [-0.3, -0.25) is 9.59 Å². The molecule has 0 spiro atoms. The van der Waals surface area contributed by atoms with Gasteiger partial charge in [0.25, 0.3) is 0 Å². The van der Waals surface area contributed by atoms with Crippen LogP contribution in [0.25, 0.3) is 0 Å². The Morgan fingerprint density at radius 1 is 0.245 bits per heavy atom. The van der Waals surface area contributed by atoms with Crippen LogP contribution in [0.3, 0.4) is 0 Å². The molecule has 1 unspecified atom stereocenters. The van der Waals surface area contributed by atoms with Gasteiger partial charge in [-0.25, -0.2) is 0 Å². The van der Waals surface area contributed by atoms with Crippen LogP contribution in [0.2, 0.25) is 0 Å². The quantitative estimate of drug-likeness (QED) is 0.0373. The first kappa shape index (κ1) is 87.7. The number of carbonyl (C=O) groups excluding carboxylic acids is 2. The van der Waals surface area contributed by atoms with E-state index in [0.29, 0.717) is 12.8 Å². The molecule has 522 valence electrons. The van der Waals surface area contributed by atoms with Gasteiger partial charge in [-0.05, 0) is 167 Å². The highest BCUT2D eigenvalue weighted by atomic mass is 16.6. The summed E-state index contributed by atoms with van der Waals surface area (Å²) < 4.78 is 10.7. The molecule has 0 rings (SSSR count). The predicted molar refractivity (Wildman–Crippen MR) is 416 cm³/mol. The molecule has 0 fully saturated rings. The SMILES string of the molecule is CC/C=C\C/C=C\C/C=C\C/C=C\C/C=C\C/C=C\C/C=C\C/C=C\C/C=C\C/C=C\C/C=C\C/C=C\CCCCCCC(=O)OC(CO)COC(=O)CCCCCCCCCCCCCCCC/C=C\C/C=C\C/C=C\C/C=C\C/C=C\C/C=C\C/C=C\C/C=C\CC. The molecule has 5 nitrogen and oxygen atoms in total. The summed E-state index contributed by atoms with van der Waals surface area (Å²) in [6.07, 6.45) is 133. The van der Waals surface area contributed by atoms with Crippen molar-refractivity contribution >= 4 is 11.9 Å². The van der Waals surface area contributed by atoms with E-state index >= 15 is 0 Å². The first-order valence-electron chi connectivity index (χ1n) is 37.6. The van der Waals surface area contributed by atoms with Crippen LogP contribution in [0.5, 0.6) is 0 Å². The lowest BCUT2D eigenvalue weighted by Crippen LogP contribution is -2.28. The lowest BCUT2D eigenvalue weighted by atomic mass is 10.0. The highest BCUT2D eigenvalue weighted by Gasteiger charge is 2.16. The molecule has 5 heteroatoms. The van der Waals surface area contributed by atoms with Crippen LogP contribution in [0.15, 0.2) is 243 Å². The van der Waals surface area contributed by atoms with Gasteiger partial charge in [-0.1, -0.05) is 347 Å². The second-order valence-electron chi connectivity index (χ2n) is 23.9. The van der Waals surface area contributed by atoms with Crippen molar-refractivity contribution in [3.05, 3.63) is 243 Å². The molecule has 0 saturated carbocycles. The highest BCUT2D eigenvalue weighted by molar-refractivity contribution is 5.70. The first-order valence-corrected chi connectivity index (χ1v) is 37.6. The molecule has 0 aliphatic carbocycles. The van der Waals surface area contributed by atoms with Crippen LogP contribution in [0.4, 0.5) is 0 Å². The molecule has 0 aromatic heterocycles. The molecule has 0 saturated heterocycles. The number of ether oxygens (including phenoxy) is 2. The van der Waals surface area contributed by atoms with Crippen LogP contribution in [0.1, 0.15) is 284 Å². The van der Waals surface area contributed by atoms with Crippen molar-refractivity contribution < 1.29 is 24.2 Å². The fraction of sp³-hybridized carbons (Fsp3) is 0.528. The maximum Gasteiger partial charge on any atom is 0.306 e. The number of aliphatic hydroxyl groups is 1. The number of allylic oxidation sites excluding steroid dienone is 40. The summed E-state index contributed by atoms with van der Waals surface area (Å²) in [6.45, 7) is 3.88. The molecule has 1 N–H and O–H groups in total. The van der Waals surface area contributed by atoms with E-state index in [-0.39, 0.29) is 25.2 Å². The van der Waals surface area contributed by atoms with Gasteiger partial charge in [0, 0.05) is 12.8 Å². The van der Waals surface area contributed by atoms with Crippen LogP contribution in [0, 0.1) is 0 Å². The zero-order valence-corrected chi connectivity index (χ0v) is 59.9. The second-order valence-corrected chi connectivity index (χ2v) is 23.9. The molecule has 0 heterocycles. The number of rotatable bonds is 66. The fourth-order valence-corrected chi connectivity index (χ4v) is 9.61. The average molecular weight is 1290 g/mol. The van der Waals surface area contributed by atoms with Crippen LogP contribution >= 0.6 is 0 Å². The van der Waals surface area contributed by atoms with Gasteiger partial charge in [0.15, 0.2) is 6.10 Å². The number of unbranched alkanes of at least 4 members (excludes halogenated alkanes) is 18. The highest BCUT2D eigenvalue weighted by Crippen LogP contribution is 2.15. The summed E-state index contributed by atoms with van der Waals surface area (Å²) in [5.74, 6) is -0.633. The third kappa shape index (κ3) is 78.1. The number of aliphatic hydroxyl groups excluding tert-OH is 1. The average Bonchev–Trinajstić information content (AvgIpc) is 3.77. The van der Waals surface area contributed by atoms with E-state index < -0.39 is 6.10 Å². The number of esters is 2. The van der Waals surface area contributed by atoms with Crippen molar-refractivity contribution in [1.29, 1.82) is 0 Å². The van der Waals surface area contributed by atoms with Gasteiger partial charge < -0.3 is 14.6 Å². The van der Waals surface area contributed by atoms with Crippen molar-refractivity contribution in [1.82, 2.24) is 0 Å². The maximum atomic E-state index is 12.4. The third-order valence-electron chi connectivity index (χ3n) is 15.1. The van der Waals surface area contributed by atoms with Gasteiger partial charge in [0.05, 0.1) is 6.61 Å². The Morgan fingerprint density at radius 3 is 0.638 bits per heavy atom. The smallest absolute Gasteiger partial charge is 0.306 e. The summed E-state index contributed by atoms with van der Waals surface area (Å²) in [4.78, 5) is 24.7. The minimum Gasteiger partial charge on any atom is -0.462 e. The van der Waals surface area contributed by atoms with E-state index in [9.17, 15) is 14.7 Å². The van der Waals surface area contributed by atoms with E-state index in [1.165, 1.54) is 77.0 Å². The number of hydrogen-bond acceptors (Lipinski definition) is 5. The molecular formula is C89H136O5. The molecule has 94 heavy (non-hydrogen) atoms. The minimum atomic E-state index is -0.806. The summed E-state index contributed by atoms with van der Waals surface area (Å²) in [5, 5.41) is 9.71. The predicted octanol–water partition coefficient (Wildman–Crippen LogP) is 27.0. The Balaban J connectivity index is 3.63. The topological polar surface area (TPSA) is 72.8 Å². The van der Waals surface area contributed by atoms with Crippen molar-refractivity contribution in [3.8, 4) is 0 Å². The Hall–Kier alpha value is -6.30. The Labute approximate surface area is 578 Å². The normalized spacial score (nSPS) is 13.7. The van der Waals surface area contributed by atoms with Crippen LogP contribution in [-0.2, 0) is 19.1 Å². The van der Waals surface area contributed by atoms with Crippen molar-refractivity contribution in [2.45, 2.75) is 290 Å². The lowest BCUT2D eigenvalue weighted by Gasteiger charge is -2.15. The van der Waals surface area contributed by atoms with Gasteiger partial charge in [0.1, 0.15) is 6.61 Å². The largest absolute Gasteiger partial charge is 0.462 e. The lowest BCUT2D eigenvalue weighted by molar-refractivity contribution is -0.161. The van der Waals surface area contributed by atoms with Crippen LogP contribution in [-0.4, -0.2) is 36.4 Å². The second kappa shape index (κ2) is 80.9. The van der Waals surface area contributed by atoms with Crippen molar-refractivity contribution in [2.24, 2.45) is 0 Å². The summed E-state index contributed by atoms with van der Waals surface area (Å²) in [7, 11) is 0. The molecule has 0 aliphatic rings. The summed E-state index contributed by atoms with van der Waals surface area (Å²) >= 11 is 0. The maximum absolute atomic E-state index is 12.4. The van der Waals surface area contributed by atoms with Crippen LogP contribution < -0.4 is 0 Å². The molecule has 1 atom stereocenters. The Bertz CT molecular complexity index is 2300. The molecule has 0 radical (unpaired) electrons. The van der Waals surface area contributed by atoms with Crippen molar-refractivity contribution in [2.75, 3.05) is 13.2 Å². The van der Waals surface area contributed by atoms with Gasteiger partial charge >= 0.3 is 11.9 Å². The van der Waals surface area contributed by atoms with E-state index in [1.807, 2.05) is 0 Å². The first-order chi connectivity index (χ1) is 46.6. The number of carbonyl (C=O) groups is 2. The van der Waals surface area contributed by atoms with Gasteiger partial charge in [-0.2, -0.15) is 0 Å². The van der Waals surface area contributed by atoms with E-state index in [0.717, 1.165) is 180 Å². The third-order valence-corrected chi connectivity index (χ3v) is 15.1. The monoisotopic (exact) mass is 1290 g/mol. The zero-order chi connectivity index (χ0) is 67.5. The molecule has 0 aliphatic heterocycles. The molecule has 0 bridgehead atoms. The minimum absolute atomic E-state index is 0.0907. The van der Waals surface area contributed by atoms with Gasteiger partial charge in [0.2, 0.25) is 0 Å². The summed E-state index contributed by atoms with van der Waals surface area (Å²) in [5.41, 5.74) is 0. The molecule has 0 aromatic rings. The van der Waals surface area contributed by atoms with Crippen molar-refractivity contribution in [3.63, 3.8) is 0 Å². The Morgan fingerprint density at radius 2 is 0.426 bits per heavy atom. The van der Waals surface area contributed by atoms with E-state index in [4.69, 9.17) is 9.47 Å². The van der Waals surface area contributed by atoms with Gasteiger partial charge in [-0.15, -0.1) is 0 Å². The zero-order valence-electron chi connectivity index (χ0n) is 59.9. The van der Waals surface area contributed by atoms with E-state index in [2.05, 4.69) is 257 Å². The summed E-state index contributed by atoms with van der Waals surface area (Å²) in [6, 6.07) is 0. The molecule has 0 amide bonds.